The van der Waals surface area contributed by atoms with E-state index >= 15 is 0 Å². The monoisotopic (exact) mass is 213 g/mol. The highest BCUT2D eigenvalue weighted by Crippen LogP contribution is 2.17. The fourth-order valence-electron chi connectivity index (χ4n) is 1.24. The summed E-state index contributed by atoms with van der Waals surface area (Å²) in [5, 5.41) is 11.0. The third kappa shape index (κ3) is 2.56. The summed E-state index contributed by atoms with van der Waals surface area (Å²) in [6, 6.07) is 1.92. The smallest absolute Gasteiger partial charge is 0.264 e. The van der Waals surface area contributed by atoms with Crippen molar-refractivity contribution in [1.82, 2.24) is 4.90 Å². The second-order valence-electron chi connectivity index (χ2n) is 3.47. The lowest BCUT2D eigenvalue weighted by Crippen LogP contribution is -2.32. The van der Waals surface area contributed by atoms with Crippen molar-refractivity contribution in [3.63, 3.8) is 0 Å². The van der Waals surface area contributed by atoms with Gasteiger partial charge in [0.2, 0.25) is 0 Å². The molecule has 4 heteroatoms. The molecule has 1 N–H and O–H groups in total. The van der Waals surface area contributed by atoms with Crippen LogP contribution in [0.5, 0.6) is 0 Å². The van der Waals surface area contributed by atoms with Crippen molar-refractivity contribution in [3.05, 3.63) is 21.9 Å². The summed E-state index contributed by atoms with van der Waals surface area (Å²) in [6.07, 6.45) is -0.482. The Morgan fingerprint density at radius 2 is 2.36 bits per heavy atom. The van der Waals surface area contributed by atoms with E-state index in [0.717, 1.165) is 10.4 Å². The summed E-state index contributed by atoms with van der Waals surface area (Å²) < 4.78 is 0. The van der Waals surface area contributed by atoms with Gasteiger partial charge in [-0.15, -0.1) is 11.3 Å². The van der Waals surface area contributed by atoms with Crippen molar-refractivity contribution in [1.29, 1.82) is 0 Å². The van der Waals surface area contributed by atoms with E-state index in [0.29, 0.717) is 6.54 Å². The molecule has 0 fully saturated rings. The van der Waals surface area contributed by atoms with E-state index in [4.69, 9.17) is 5.11 Å². The number of aryl methyl sites for hydroxylation is 1. The number of rotatable bonds is 3. The maximum absolute atomic E-state index is 11.8. The van der Waals surface area contributed by atoms with E-state index in [2.05, 4.69) is 0 Å². The SMILES string of the molecule is Cc1ccsc1C(=O)N(C)CC(C)O. The molecule has 1 aromatic rings. The fraction of sp³-hybridized carbons (Fsp3) is 0.500. The van der Waals surface area contributed by atoms with Gasteiger partial charge in [-0.3, -0.25) is 4.79 Å². The highest BCUT2D eigenvalue weighted by atomic mass is 32.1. The number of aliphatic hydroxyl groups is 1. The Morgan fingerprint density at radius 3 is 2.79 bits per heavy atom. The first-order valence-electron chi connectivity index (χ1n) is 4.50. The topological polar surface area (TPSA) is 40.5 Å². The van der Waals surface area contributed by atoms with Crippen LogP contribution in [0.15, 0.2) is 11.4 Å². The summed E-state index contributed by atoms with van der Waals surface area (Å²) in [7, 11) is 1.70. The van der Waals surface area contributed by atoms with E-state index in [9.17, 15) is 4.79 Å². The Kier molecular flexibility index (Phi) is 3.66. The first kappa shape index (κ1) is 11.2. The number of likely N-dealkylation sites (N-methyl/N-ethyl adjacent to an activating group) is 1. The molecule has 0 aliphatic rings. The van der Waals surface area contributed by atoms with Crippen LogP contribution in [0, 0.1) is 6.92 Å². The van der Waals surface area contributed by atoms with Gasteiger partial charge in [0, 0.05) is 13.6 Å². The molecule has 0 spiro atoms. The van der Waals surface area contributed by atoms with Gasteiger partial charge < -0.3 is 10.0 Å². The van der Waals surface area contributed by atoms with Crippen molar-refractivity contribution in [3.8, 4) is 0 Å². The summed E-state index contributed by atoms with van der Waals surface area (Å²) >= 11 is 1.44. The number of nitrogens with zero attached hydrogens (tertiary/aromatic N) is 1. The van der Waals surface area contributed by atoms with Gasteiger partial charge in [-0.1, -0.05) is 0 Å². The van der Waals surface area contributed by atoms with Crippen LogP contribution in [0.3, 0.4) is 0 Å². The van der Waals surface area contributed by atoms with Crippen molar-refractivity contribution >= 4 is 17.2 Å². The minimum Gasteiger partial charge on any atom is -0.392 e. The first-order chi connectivity index (χ1) is 6.52. The maximum atomic E-state index is 11.8. The highest BCUT2D eigenvalue weighted by Gasteiger charge is 2.16. The van der Waals surface area contributed by atoms with Gasteiger partial charge in [-0.2, -0.15) is 0 Å². The van der Waals surface area contributed by atoms with Gasteiger partial charge in [0.05, 0.1) is 11.0 Å². The maximum Gasteiger partial charge on any atom is 0.264 e. The second-order valence-corrected chi connectivity index (χ2v) is 4.38. The number of amides is 1. The predicted octanol–water partition coefficient (Wildman–Crippen LogP) is 1.51. The Labute approximate surface area is 88.0 Å². The largest absolute Gasteiger partial charge is 0.392 e. The summed E-state index contributed by atoms with van der Waals surface area (Å²) in [5.74, 6) is -0.0154. The van der Waals surface area contributed by atoms with E-state index in [1.807, 2.05) is 18.4 Å². The molecule has 0 aliphatic carbocycles. The molecular weight excluding hydrogens is 198 g/mol. The number of hydrogen-bond donors (Lipinski definition) is 1. The number of thiophene rings is 1. The quantitative estimate of drug-likeness (QED) is 0.826. The van der Waals surface area contributed by atoms with E-state index < -0.39 is 6.10 Å². The van der Waals surface area contributed by atoms with Gasteiger partial charge in [-0.25, -0.2) is 0 Å². The average molecular weight is 213 g/mol. The molecule has 14 heavy (non-hydrogen) atoms. The van der Waals surface area contributed by atoms with E-state index in [1.165, 1.54) is 11.3 Å². The lowest BCUT2D eigenvalue weighted by molar-refractivity contribution is 0.0707. The molecule has 1 amide bonds. The van der Waals surface area contributed by atoms with Crippen LogP contribution >= 0.6 is 11.3 Å². The number of carbonyl (C=O) groups is 1. The molecular formula is C10H15NO2S. The third-order valence-corrected chi connectivity index (χ3v) is 2.95. The second kappa shape index (κ2) is 4.57. The summed E-state index contributed by atoms with van der Waals surface area (Å²) in [4.78, 5) is 14.1. The van der Waals surface area contributed by atoms with Gasteiger partial charge in [0.15, 0.2) is 0 Å². The van der Waals surface area contributed by atoms with Crippen LogP contribution < -0.4 is 0 Å². The molecule has 1 unspecified atom stereocenters. The van der Waals surface area contributed by atoms with Crippen molar-refractivity contribution in [2.75, 3.05) is 13.6 Å². The lowest BCUT2D eigenvalue weighted by Gasteiger charge is -2.18. The van der Waals surface area contributed by atoms with Gasteiger partial charge in [-0.05, 0) is 30.9 Å². The molecule has 0 saturated heterocycles. The third-order valence-electron chi connectivity index (χ3n) is 1.94. The molecule has 0 saturated carbocycles. The molecule has 1 heterocycles. The minimum absolute atomic E-state index is 0.0154. The Morgan fingerprint density at radius 1 is 1.71 bits per heavy atom. The first-order valence-corrected chi connectivity index (χ1v) is 5.38. The fourth-order valence-corrected chi connectivity index (χ4v) is 2.16. The van der Waals surface area contributed by atoms with Crippen LogP contribution in [-0.2, 0) is 0 Å². The molecule has 1 aromatic heterocycles. The van der Waals surface area contributed by atoms with Crippen LogP contribution in [0.25, 0.3) is 0 Å². The van der Waals surface area contributed by atoms with E-state index in [-0.39, 0.29) is 5.91 Å². The number of hydrogen-bond acceptors (Lipinski definition) is 3. The number of carbonyl (C=O) groups excluding carboxylic acids is 1. The molecule has 0 bridgehead atoms. The normalized spacial score (nSPS) is 12.6. The van der Waals surface area contributed by atoms with Crippen molar-refractivity contribution in [2.24, 2.45) is 0 Å². The zero-order chi connectivity index (χ0) is 10.7. The van der Waals surface area contributed by atoms with Gasteiger partial charge in [0.1, 0.15) is 0 Å². The number of aliphatic hydroxyl groups excluding tert-OH is 1. The highest BCUT2D eigenvalue weighted by molar-refractivity contribution is 7.12. The van der Waals surface area contributed by atoms with Crippen LogP contribution in [0.1, 0.15) is 22.2 Å². The van der Waals surface area contributed by atoms with Crippen LogP contribution in [0.4, 0.5) is 0 Å². The average Bonchev–Trinajstić information content (AvgIpc) is 2.48. The minimum atomic E-state index is -0.482. The van der Waals surface area contributed by atoms with Gasteiger partial charge >= 0.3 is 0 Å². The van der Waals surface area contributed by atoms with Gasteiger partial charge in [0.25, 0.3) is 5.91 Å². The van der Waals surface area contributed by atoms with Crippen LogP contribution in [0.2, 0.25) is 0 Å². The molecule has 0 aliphatic heterocycles. The van der Waals surface area contributed by atoms with E-state index in [1.54, 1.807) is 18.9 Å². The molecule has 78 valence electrons. The van der Waals surface area contributed by atoms with Crippen LogP contribution in [-0.4, -0.2) is 35.6 Å². The Balaban J connectivity index is 2.71. The summed E-state index contributed by atoms with van der Waals surface area (Å²) in [6.45, 7) is 3.96. The Hall–Kier alpha value is -0.870. The van der Waals surface area contributed by atoms with Crippen molar-refractivity contribution in [2.45, 2.75) is 20.0 Å². The zero-order valence-electron chi connectivity index (χ0n) is 8.65. The molecule has 1 atom stereocenters. The summed E-state index contributed by atoms with van der Waals surface area (Å²) in [5.41, 5.74) is 0.998. The standard InChI is InChI=1S/C10H15NO2S/c1-7-4-5-14-9(7)10(13)11(3)6-8(2)12/h4-5,8,12H,6H2,1-3H3. The predicted molar refractivity (Wildman–Crippen MR) is 57.7 cm³/mol. The Bertz CT molecular complexity index is 320. The molecule has 0 radical (unpaired) electrons. The lowest BCUT2D eigenvalue weighted by atomic mass is 10.2. The van der Waals surface area contributed by atoms with Crippen molar-refractivity contribution < 1.29 is 9.90 Å². The molecule has 1 rings (SSSR count). The zero-order valence-corrected chi connectivity index (χ0v) is 9.47. The molecule has 0 aromatic carbocycles. The molecule has 3 nitrogen and oxygen atoms in total.